The highest BCUT2D eigenvalue weighted by molar-refractivity contribution is 5.66. The van der Waals surface area contributed by atoms with Crippen molar-refractivity contribution < 1.29 is 14.3 Å². The zero-order valence-corrected chi connectivity index (χ0v) is 7.42. The van der Waals surface area contributed by atoms with Gasteiger partial charge in [-0.2, -0.15) is 0 Å². The van der Waals surface area contributed by atoms with E-state index in [1.807, 2.05) is 13.8 Å². The van der Waals surface area contributed by atoms with Crippen LogP contribution in [-0.4, -0.2) is 25.3 Å². The minimum absolute atomic E-state index is 0.126. The minimum Gasteiger partial charge on any atom is -0.460 e. The van der Waals surface area contributed by atoms with Gasteiger partial charge in [-0.1, -0.05) is 6.92 Å². The second-order valence-corrected chi connectivity index (χ2v) is 2.49. The highest BCUT2D eigenvalue weighted by Gasteiger charge is 2.03. The van der Waals surface area contributed by atoms with Crippen molar-refractivity contribution in [2.24, 2.45) is 0 Å². The van der Waals surface area contributed by atoms with Crippen molar-refractivity contribution in [2.75, 3.05) is 13.2 Å². The molecule has 0 aromatic carbocycles. The third-order valence-corrected chi connectivity index (χ3v) is 1.07. The summed E-state index contributed by atoms with van der Waals surface area (Å²) >= 11 is 0. The third kappa shape index (κ3) is 7.33. The van der Waals surface area contributed by atoms with E-state index in [1.165, 1.54) is 6.92 Å². The summed E-state index contributed by atoms with van der Waals surface area (Å²) in [6.07, 6.45) is 0.867. The molecule has 0 fully saturated rings. The SMILES string of the molecule is CCCOC[C@H](C)OC(C)=O. The predicted molar refractivity (Wildman–Crippen MR) is 42.3 cm³/mol. The molecule has 0 amide bonds. The van der Waals surface area contributed by atoms with E-state index in [1.54, 1.807) is 0 Å². The summed E-state index contributed by atoms with van der Waals surface area (Å²) in [6.45, 7) is 6.48. The van der Waals surface area contributed by atoms with Crippen LogP contribution in [0.4, 0.5) is 0 Å². The van der Waals surface area contributed by atoms with Gasteiger partial charge in [-0.15, -0.1) is 0 Å². The van der Waals surface area contributed by atoms with E-state index in [-0.39, 0.29) is 12.1 Å². The minimum atomic E-state index is -0.252. The normalized spacial score (nSPS) is 12.6. The number of rotatable bonds is 5. The Balaban J connectivity index is 3.22. The van der Waals surface area contributed by atoms with Gasteiger partial charge in [0.25, 0.3) is 0 Å². The Labute approximate surface area is 67.7 Å². The molecule has 0 radical (unpaired) electrons. The first-order chi connectivity index (χ1) is 5.16. The molecule has 0 rings (SSSR count). The Kier molecular flexibility index (Phi) is 5.84. The summed E-state index contributed by atoms with van der Waals surface area (Å²) in [7, 11) is 0. The van der Waals surface area contributed by atoms with Crippen molar-refractivity contribution in [1.82, 2.24) is 0 Å². The molecule has 0 aliphatic carbocycles. The third-order valence-electron chi connectivity index (χ3n) is 1.07. The summed E-state index contributed by atoms with van der Waals surface area (Å²) in [5, 5.41) is 0. The molecule has 0 spiro atoms. The Bertz CT molecular complexity index is 112. The highest BCUT2D eigenvalue weighted by Crippen LogP contribution is 1.92. The van der Waals surface area contributed by atoms with Gasteiger partial charge >= 0.3 is 5.97 Å². The van der Waals surface area contributed by atoms with Gasteiger partial charge in [0.1, 0.15) is 6.10 Å². The lowest BCUT2D eigenvalue weighted by Crippen LogP contribution is -2.18. The van der Waals surface area contributed by atoms with Crippen molar-refractivity contribution >= 4 is 5.97 Å². The molecular weight excluding hydrogens is 144 g/mol. The van der Waals surface area contributed by atoms with E-state index >= 15 is 0 Å². The van der Waals surface area contributed by atoms with Gasteiger partial charge in [0, 0.05) is 13.5 Å². The first-order valence-corrected chi connectivity index (χ1v) is 3.91. The lowest BCUT2D eigenvalue weighted by atomic mass is 10.4. The summed E-state index contributed by atoms with van der Waals surface area (Å²) in [6, 6.07) is 0. The van der Waals surface area contributed by atoms with Gasteiger partial charge in [0.15, 0.2) is 0 Å². The Morgan fingerprint density at radius 3 is 2.64 bits per heavy atom. The van der Waals surface area contributed by atoms with Crippen LogP contribution in [0.5, 0.6) is 0 Å². The molecule has 3 nitrogen and oxygen atoms in total. The average molecular weight is 160 g/mol. The number of carbonyl (C=O) groups excluding carboxylic acids is 1. The average Bonchev–Trinajstić information content (AvgIpc) is 1.86. The van der Waals surface area contributed by atoms with Crippen LogP contribution in [0.3, 0.4) is 0 Å². The number of esters is 1. The van der Waals surface area contributed by atoms with E-state index in [4.69, 9.17) is 9.47 Å². The second kappa shape index (κ2) is 6.16. The molecule has 0 unspecified atom stereocenters. The summed E-state index contributed by atoms with van der Waals surface area (Å²) in [5.41, 5.74) is 0. The fraction of sp³-hybridized carbons (Fsp3) is 0.875. The van der Waals surface area contributed by atoms with Gasteiger partial charge in [-0.05, 0) is 13.3 Å². The van der Waals surface area contributed by atoms with Crippen molar-refractivity contribution in [1.29, 1.82) is 0 Å². The summed E-state index contributed by atoms with van der Waals surface area (Å²) in [5.74, 6) is -0.252. The fourth-order valence-corrected chi connectivity index (χ4v) is 0.711. The van der Waals surface area contributed by atoms with Gasteiger partial charge in [-0.3, -0.25) is 4.79 Å². The molecule has 11 heavy (non-hydrogen) atoms. The van der Waals surface area contributed by atoms with Gasteiger partial charge in [-0.25, -0.2) is 0 Å². The maximum absolute atomic E-state index is 10.4. The van der Waals surface area contributed by atoms with Crippen molar-refractivity contribution in [3.8, 4) is 0 Å². The largest absolute Gasteiger partial charge is 0.460 e. The zero-order valence-electron chi connectivity index (χ0n) is 7.42. The molecule has 0 aliphatic rings. The number of hydrogen-bond acceptors (Lipinski definition) is 3. The van der Waals surface area contributed by atoms with Crippen molar-refractivity contribution in [3.63, 3.8) is 0 Å². The number of carbonyl (C=O) groups is 1. The monoisotopic (exact) mass is 160 g/mol. The lowest BCUT2D eigenvalue weighted by Gasteiger charge is -2.11. The lowest BCUT2D eigenvalue weighted by molar-refractivity contribution is -0.148. The molecule has 0 aromatic heterocycles. The molecule has 0 saturated heterocycles. The van der Waals surface area contributed by atoms with Crippen LogP contribution in [0.2, 0.25) is 0 Å². The summed E-state index contributed by atoms with van der Waals surface area (Å²) < 4.78 is 10.0. The van der Waals surface area contributed by atoms with Crippen LogP contribution in [0, 0.1) is 0 Å². The van der Waals surface area contributed by atoms with Gasteiger partial charge in [0.2, 0.25) is 0 Å². The standard InChI is InChI=1S/C8H16O3/c1-4-5-10-6-7(2)11-8(3)9/h7H,4-6H2,1-3H3/t7-/m0/s1. The van der Waals surface area contributed by atoms with Crippen molar-refractivity contribution in [2.45, 2.75) is 33.3 Å². The Morgan fingerprint density at radius 2 is 2.18 bits per heavy atom. The number of hydrogen-bond donors (Lipinski definition) is 0. The summed E-state index contributed by atoms with van der Waals surface area (Å²) in [4.78, 5) is 10.4. The molecule has 3 heteroatoms. The molecule has 0 aromatic rings. The molecule has 0 N–H and O–H groups in total. The molecule has 0 heterocycles. The fourth-order valence-electron chi connectivity index (χ4n) is 0.711. The predicted octanol–water partition coefficient (Wildman–Crippen LogP) is 1.36. The second-order valence-electron chi connectivity index (χ2n) is 2.49. The first kappa shape index (κ1) is 10.4. The topological polar surface area (TPSA) is 35.5 Å². The quantitative estimate of drug-likeness (QED) is 0.450. The molecule has 0 saturated carbocycles. The Morgan fingerprint density at radius 1 is 1.55 bits per heavy atom. The first-order valence-electron chi connectivity index (χ1n) is 3.91. The van der Waals surface area contributed by atoms with Crippen LogP contribution in [-0.2, 0) is 14.3 Å². The maximum atomic E-state index is 10.4. The van der Waals surface area contributed by atoms with E-state index in [0.717, 1.165) is 13.0 Å². The number of ether oxygens (including phenoxy) is 2. The molecular formula is C8H16O3. The molecule has 0 bridgehead atoms. The molecule has 1 atom stereocenters. The van der Waals surface area contributed by atoms with Crippen LogP contribution >= 0.6 is 0 Å². The zero-order chi connectivity index (χ0) is 8.69. The Hall–Kier alpha value is -0.570. The van der Waals surface area contributed by atoms with E-state index < -0.39 is 0 Å². The smallest absolute Gasteiger partial charge is 0.302 e. The van der Waals surface area contributed by atoms with Gasteiger partial charge < -0.3 is 9.47 Å². The van der Waals surface area contributed by atoms with Crippen LogP contribution < -0.4 is 0 Å². The molecule has 0 aliphatic heterocycles. The van der Waals surface area contributed by atoms with E-state index in [2.05, 4.69) is 0 Å². The maximum Gasteiger partial charge on any atom is 0.302 e. The van der Waals surface area contributed by atoms with Gasteiger partial charge in [0.05, 0.1) is 6.61 Å². The molecule has 66 valence electrons. The van der Waals surface area contributed by atoms with Crippen LogP contribution in [0.1, 0.15) is 27.2 Å². The van der Waals surface area contributed by atoms with E-state index in [9.17, 15) is 4.79 Å². The van der Waals surface area contributed by atoms with Crippen LogP contribution in [0.25, 0.3) is 0 Å². The highest BCUT2D eigenvalue weighted by atomic mass is 16.6. The van der Waals surface area contributed by atoms with Crippen molar-refractivity contribution in [3.05, 3.63) is 0 Å². The van der Waals surface area contributed by atoms with Crippen LogP contribution in [0.15, 0.2) is 0 Å². The van der Waals surface area contributed by atoms with E-state index in [0.29, 0.717) is 6.61 Å².